The largest absolute Gasteiger partial charge is 0.481 e. The van der Waals surface area contributed by atoms with Gasteiger partial charge < -0.3 is 5.11 Å². The van der Waals surface area contributed by atoms with Crippen molar-refractivity contribution in [1.82, 2.24) is 9.97 Å². The number of rotatable bonds is 2. The number of hydrogen-bond acceptors (Lipinski definition) is 4. The molecule has 2 atom stereocenters. The summed E-state index contributed by atoms with van der Waals surface area (Å²) < 4.78 is 0. The van der Waals surface area contributed by atoms with Crippen LogP contribution in [0.25, 0.3) is 0 Å². The van der Waals surface area contributed by atoms with Crippen molar-refractivity contribution < 1.29 is 9.90 Å². The van der Waals surface area contributed by atoms with Gasteiger partial charge >= 0.3 is 5.97 Å². The Labute approximate surface area is 110 Å². The molecule has 1 aliphatic carbocycles. The van der Waals surface area contributed by atoms with E-state index in [4.69, 9.17) is 5.11 Å². The van der Waals surface area contributed by atoms with Crippen LogP contribution in [0, 0.1) is 5.92 Å². The van der Waals surface area contributed by atoms with E-state index in [0.29, 0.717) is 18.1 Å². The average Bonchev–Trinajstić information content (AvgIpc) is 2.91. The Morgan fingerprint density at radius 1 is 1.44 bits per heavy atom. The van der Waals surface area contributed by atoms with E-state index in [0.717, 1.165) is 23.5 Å². The van der Waals surface area contributed by atoms with Gasteiger partial charge in [0.2, 0.25) is 0 Å². The lowest BCUT2D eigenvalue weighted by Crippen LogP contribution is -2.23. The molecule has 2 unspecified atom stereocenters. The van der Waals surface area contributed by atoms with E-state index < -0.39 is 5.97 Å². The number of nitrogens with zero attached hydrogens (tertiary/aromatic N) is 2. The van der Waals surface area contributed by atoms with Crippen LogP contribution in [-0.4, -0.2) is 26.8 Å². The highest BCUT2D eigenvalue weighted by molar-refractivity contribution is 7.99. The molecular weight excluding hydrogens is 248 g/mol. The lowest BCUT2D eigenvalue weighted by molar-refractivity contribution is -0.142. The first-order valence-electron chi connectivity index (χ1n) is 6.43. The van der Waals surface area contributed by atoms with Gasteiger partial charge in [0.1, 0.15) is 5.82 Å². The molecule has 0 amide bonds. The fourth-order valence-electron chi connectivity index (χ4n) is 2.67. The predicted octanol–water partition coefficient (Wildman–Crippen LogP) is 2.23. The topological polar surface area (TPSA) is 63.1 Å². The highest BCUT2D eigenvalue weighted by Gasteiger charge is 2.27. The fourth-order valence-corrected chi connectivity index (χ4v) is 3.88. The van der Waals surface area contributed by atoms with Gasteiger partial charge in [-0.25, -0.2) is 9.97 Å². The maximum absolute atomic E-state index is 11.0. The number of carboxylic acid groups (broad SMARTS) is 1. The first-order valence-corrected chi connectivity index (χ1v) is 7.48. The molecule has 1 aromatic rings. The van der Waals surface area contributed by atoms with Gasteiger partial charge in [0.25, 0.3) is 0 Å². The summed E-state index contributed by atoms with van der Waals surface area (Å²) in [5, 5.41) is 9.50. The standard InChI is InChI=1S/C13H16N2O2S/c16-13(17)8-3-4-10-9(6-8)7-14-12(15-10)11-2-1-5-18-11/h7-8,11H,1-6H2,(H,16,17). The minimum atomic E-state index is -0.698. The molecular formula is C13H16N2O2S. The first-order chi connectivity index (χ1) is 8.74. The summed E-state index contributed by atoms with van der Waals surface area (Å²) in [5.41, 5.74) is 2.10. The van der Waals surface area contributed by atoms with Gasteiger partial charge in [-0.3, -0.25) is 4.79 Å². The second-order valence-electron chi connectivity index (χ2n) is 4.98. The summed E-state index contributed by atoms with van der Waals surface area (Å²) in [6, 6.07) is 0. The zero-order chi connectivity index (χ0) is 12.5. The van der Waals surface area contributed by atoms with Crippen LogP contribution in [0.15, 0.2) is 6.20 Å². The van der Waals surface area contributed by atoms with Crippen molar-refractivity contribution in [2.24, 2.45) is 5.92 Å². The third-order valence-electron chi connectivity index (χ3n) is 3.74. The number of aryl methyl sites for hydroxylation is 1. The Morgan fingerprint density at radius 3 is 3.06 bits per heavy atom. The number of carbonyl (C=O) groups is 1. The van der Waals surface area contributed by atoms with E-state index in [-0.39, 0.29) is 5.92 Å². The van der Waals surface area contributed by atoms with Crippen LogP contribution in [-0.2, 0) is 17.6 Å². The van der Waals surface area contributed by atoms with Crippen molar-refractivity contribution in [3.8, 4) is 0 Å². The zero-order valence-corrected chi connectivity index (χ0v) is 10.9. The van der Waals surface area contributed by atoms with Crippen molar-refractivity contribution in [1.29, 1.82) is 0 Å². The molecule has 2 heterocycles. The van der Waals surface area contributed by atoms with E-state index in [9.17, 15) is 4.79 Å². The highest BCUT2D eigenvalue weighted by Crippen LogP contribution is 2.38. The van der Waals surface area contributed by atoms with Crippen LogP contribution in [0.3, 0.4) is 0 Å². The molecule has 0 spiro atoms. The minimum Gasteiger partial charge on any atom is -0.481 e. The Balaban J connectivity index is 1.82. The number of aliphatic carboxylic acids is 1. The van der Waals surface area contributed by atoms with Crippen molar-refractivity contribution in [2.75, 3.05) is 5.75 Å². The smallest absolute Gasteiger partial charge is 0.306 e. The van der Waals surface area contributed by atoms with Gasteiger partial charge in [0.05, 0.1) is 11.2 Å². The molecule has 5 heteroatoms. The lowest BCUT2D eigenvalue weighted by atomic mass is 9.87. The van der Waals surface area contributed by atoms with Gasteiger partial charge in [-0.1, -0.05) is 0 Å². The normalized spacial score (nSPS) is 26.9. The molecule has 2 aliphatic rings. The number of thioether (sulfide) groups is 1. The molecule has 96 valence electrons. The molecule has 1 saturated heterocycles. The van der Waals surface area contributed by atoms with Crippen molar-refractivity contribution in [2.45, 2.75) is 37.4 Å². The van der Waals surface area contributed by atoms with E-state index in [1.807, 2.05) is 18.0 Å². The number of aromatic nitrogens is 2. The molecule has 0 radical (unpaired) electrons. The van der Waals surface area contributed by atoms with Crippen molar-refractivity contribution in [3.05, 3.63) is 23.3 Å². The van der Waals surface area contributed by atoms with E-state index in [1.54, 1.807) is 0 Å². The Kier molecular flexibility index (Phi) is 3.24. The van der Waals surface area contributed by atoms with Crippen molar-refractivity contribution >= 4 is 17.7 Å². The lowest BCUT2D eigenvalue weighted by Gasteiger charge is -2.21. The molecule has 1 fully saturated rings. The predicted molar refractivity (Wildman–Crippen MR) is 69.6 cm³/mol. The molecule has 3 rings (SSSR count). The van der Waals surface area contributed by atoms with E-state index in [1.165, 1.54) is 18.6 Å². The monoisotopic (exact) mass is 264 g/mol. The molecule has 0 bridgehead atoms. The van der Waals surface area contributed by atoms with Gasteiger partial charge in [-0.15, -0.1) is 0 Å². The Morgan fingerprint density at radius 2 is 2.33 bits per heavy atom. The second-order valence-corrected chi connectivity index (χ2v) is 6.29. The zero-order valence-electron chi connectivity index (χ0n) is 10.1. The van der Waals surface area contributed by atoms with Gasteiger partial charge in [-0.2, -0.15) is 11.8 Å². The SMILES string of the molecule is O=C(O)C1CCc2nc(C3CCCS3)ncc2C1. The van der Waals surface area contributed by atoms with E-state index >= 15 is 0 Å². The van der Waals surface area contributed by atoms with E-state index in [2.05, 4.69) is 9.97 Å². The number of hydrogen-bond donors (Lipinski definition) is 1. The van der Waals surface area contributed by atoms with Crippen LogP contribution in [0.2, 0.25) is 0 Å². The maximum atomic E-state index is 11.0. The van der Waals surface area contributed by atoms with Crippen LogP contribution in [0.1, 0.15) is 41.6 Å². The summed E-state index contributed by atoms with van der Waals surface area (Å²) in [5.74, 6) is 1.19. The third kappa shape index (κ3) is 2.23. The molecule has 4 nitrogen and oxygen atoms in total. The van der Waals surface area contributed by atoms with Crippen LogP contribution >= 0.6 is 11.8 Å². The molecule has 18 heavy (non-hydrogen) atoms. The van der Waals surface area contributed by atoms with Crippen LogP contribution in [0.4, 0.5) is 0 Å². The summed E-state index contributed by atoms with van der Waals surface area (Å²) >= 11 is 1.93. The summed E-state index contributed by atoms with van der Waals surface area (Å²) in [6.45, 7) is 0. The van der Waals surface area contributed by atoms with Crippen molar-refractivity contribution in [3.63, 3.8) is 0 Å². The van der Waals surface area contributed by atoms with Gasteiger partial charge in [-0.05, 0) is 43.4 Å². The first kappa shape index (κ1) is 12.0. The summed E-state index contributed by atoms with van der Waals surface area (Å²) in [6.07, 6.45) is 6.34. The average molecular weight is 264 g/mol. The minimum absolute atomic E-state index is 0.257. The van der Waals surface area contributed by atoms with Gasteiger partial charge in [0, 0.05) is 11.9 Å². The summed E-state index contributed by atoms with van der Waals surface area (Å²) in [7, 11) is 0. The van der Waals surface area contributed by atoms with Crippen LogP contribution in [0.5, 0.6) is 0 Å². The Bertz CT molecular complexity index is 472. The molecule has 1 aromatic heterocycles. The Hall–Kier alpha value is -1.10. The number of fused-ring (bicyclic) bond motifs is 1. The summed E-state index contributed by atoms with van der Waals surface area (Å²) in [4.78, 5) is 20.1. The second kappa shape index (κ2) is 4.88. The fraction of sp³-hybridized carbons (Fsp3) is 0.615. The highest BCUT2D eigenvalue weighted by atomic mass is 32.2. The quantitative estimate of drug-likeness (QED) is 0.887. The third-order valence-corrected chi connectivity index (χ3v) is 5.11. The number of carboxylic acids is 1. The molecule has 0 aromatic carbocycles. The van der Waals surface area contributed by atoms with Gasteiger partial charge in [0.15, 0.2) is 0 Å². The van der Waals surface area contributed by atoms with Crippen LogP contribution < -0.4 is 0 Å². The maximum Gasteiger partial charge on any atom is 0.306 e. The molecule has 1 N–H and O–H groups in total. The molecule has 0 saturated carbocycles. The molecule has 1 aliphatic heterocycles.